The van der Waals surface area contributed by atoms with Crippen LogP contribution in [-0.4, -0.2) is 34.4 Å². The van der Waals surface area contributed by atoms with Gasteiger partial charge in [-0.3, -0.25) is 5.32 Å². The fourth-order valence-corrected chi connectivity index (χ4v) is 2.88. The highest BCUT2D eigenvalue weighted by molar-refractivity contribution is 5.86. The summed E-state index contributed by atoms with van der Waals surface area (Å²) in [6.07, 6.45) is 2.47. The largest absolute Gasteiger partial charge is 0.478 e. The molecule has 0 unspecified atom stereocenters. The Labute approximate surface area is 175 Å². The summed E-state index contributed by atoms with van der Waals surface area (Å²) in [6, 6.07) is 15.2. The third-order valence-corrected chi connectivity index (χ3v) is 4.21. The highest BCUT2D eigenvalue weighted by atomic mass is 19.3. The second-order valence-corrected chi connectivity index (χ2v) is 6.25. The average molecular weight is 426 g/mol. The predicted molar refractivity (Wildman–Crippen MR) is 108 cm³/mol. The van der Waals surface area contributed by atoms with Crippen molar-refractivity contribution in [2.24, 2.45) is 0 Å². The number of methoxy groups -OCH3 is 1. The minimum absolute atomic E-state index is 0.0436. The van der Waals surface area contributed by atoms with E-state index in [2.05, 4.69) is 20.1 Å². The van der Waals surface area contributed by atoms with Gasteiger partial charge in [0, 0.05) is 24.0 Å². The Morgan fingerprint density at radius 2 is 1.90 bits per heavy atom. The van der Waals surface area contributed by atoms with E-state index in [1.807, 2.05) is 6.07 Å². The van der Waals surface area contributed by atoms with Gasteiger partial charge < -0.3 is 14.2 Å². The topological polar surface area (TPSA) is 87.0 Å². The molecule has 4 rings (SSSR count). The monoisotopic (exact) mass is 426 g/mol. The van der Waals surface area contributed by atoms with Crippen molar-refractivity contribution in [3.05, 3.63) is 67.0 Å². The summed E-state index contributed by atoms with van der Waals surface area (Å²) in [5.41, 5.74) is 1.87. The first-order valence-corrected chi connectivity index (χ1v) is 9.04. The maximum atomic E-state index is 12.7. The van der Waals surface area contributed by atoms with E-state index >= 15 is 0 Å². The van der Waals surface area contributed by atoms with E-state index in [9.17, 15) is 13.6 Å². The Morgan fingerprint density at radius 3 is 2.65 bits per heavy atom. The van der Waals surface area contributed by atoms with Crippen molar-refractivity contribution < 1.29 is 27.8 Å². The third kappa shape index (κ3) is 4.69. The Balaban J connectivity index is 1.56. The summed E-state index contributed by atoms with van der Waals surface area (Å²) in [7, 11) is 1.32. The Hall–Kier alpha value is -4.21. The number of aromatic nitrogens is 3. The van der Waals surface area contributed by atoms with Crippen molar-refractivity contribution in [3.8, 4) is 28.5 Å². The van der Waals surface area contributed by atoms with E-state index in [0.717, 1.165) is 0 Å². The number of nitrogens with one attached hydrogen (secondary N) is 1. The van der Waals surface area contributed by atoms with Gasteiger partial charge in [-0.05, 0) is 35.9 Å². The number of hydrogen-bond acceptors (Lipinski definition) is 6. The van der Waals surface area contributed by atoms with E-state index < -0.39 is 12.7 Å². The molecule has 1 aromatic carbocycles. The fourth-order valence-electron chi connectivity index (χ4n) is 2.88. The van der Waals surface area contributed by atoms with Gasteiger partial charge in [-0.1, -0.05) is 18.2 Å². The van der Waals surface area contributed by atoms with Gasteiger partial charge in [-0.25, -0.2) is 14.3 Å². The number of carbonyl (C=O) groups excluding carboxylic acids is 1. The van der Waals surface area contributed by atoms with Crippen molar-refractivity contribution in [3.63, 3.8) is 0 Å². The molecule has 0 radical (unpaired) electrons. The molecule has 1 N–H and O–H groups in total. The summed E-state index contributed by atoms with van der Waals surface area (Å²) in [5.74, 6) is 0.472. The number of fused-ring (bicyclic) bond motifs is 1. The van der Waals surface area contributed by atoms with Crippen LogP contribution in [0.1, 0.15) is 0 Å². The zero-order valence-corrected chi connectivity index (χ0v) is 16.2. The lowest BCUT2D eigenvalue weighted by atomic mass is 10.1. The molecular formula is C21H16F2N4O4. The van der Waals surface area contributed by atoms with E-state index in [1.165, 1.54) is 19.4 Å². The molecule has 0 aliphatic rings. The first-order chi connectivity index (χ1) is 15.0. The molecule has 0 fully saturated rings. The summed E-state index contributed by atoms with van der Waals surface area (Å²) in [4.78, 5) is 16.1. The molecule has 4 aromatic rings. The summed E-state index contributed by atoms with van der Waals surface area (Å²) in [6.45, 7) is -3.01. The lowest BCUT2D eigenvalue weighted by Crippen LogP contribution is -2.16. The summed E-state index contributed by atoms with van der Waals surface area (Å²) < 4.78 is 41.5. The molecular weight excluding hydrogens is 410 g/mol. The van der Waals surface area contributed by atoms with Crippen LogP contribution in [0.4, 0.5) is 19.4 Å². The van der Waals surface area contributed by atoms with Gasteiger partial charge >= 0.3 is 12.7 Å². The summed E-state index contributed by atoms with van der Waals surface area (Å²) in [5, 5.41) is 6.82. The van der Waals surface area contributed by atoms with Gasteiger partial charge in [0.15, 0.2) is 11.6 Å². The Kier molecular flexibility index (Phi) is 5.61. The average Bonchev–Trinajstić information content (AvgIpc) is 3.15. The van der Waals surface area contributed by atoms with Crippen molar-refractivity contribution in [2.75, 3.05) is 12.4 Å². The highest BCUT2D eigenvalue weighted by Crippen LogP contribution is 2.32. The number of carbonyl (C=O) groups is 1. The van der Waals surface area contributed by atoms with E-state index in [-0.39, 0.29) is 17.4 Å². The number of amides is 1. The van der Waals surface area contributed by atoms with Crippen molar-refractivity contribution in [2.45, 2.75) is 6.61 Å². The summed E-state index contributed by atoms with van der Waals surface area (Å²) >= 11 is 0. The third-order valence-electron chi connectivity index (χ3n) is 4.21. The van der Waals surface area contributed by atoms with Crippen LogP contribution in [0, 0.1) is 0 Å². The smallest absolute Gasteiger partial charge is 0.418 e. The fraction of sp³-hybridized carbons (Fsp3) is 0.0952. The van der Waals surface area contributed by atoms with Gasteiger partial charge in [-0.15, -0.1) is 5.10 Å². The molecule has 0 saturated carbocycles. The molecule has 0 spiro atoms. The van der Waals surface area contributed by atoms with Crippen LogP contribution in [0.25, 0.3) is 16.6 Å². The van der Waals surface area contributed by atoms with Crippen molar-refractivity contribution >= 4 is 17.4 Å². The molecule has 0 aliphatic heterocycles. The molecule has 158 valence electrons. The van der Waals surface area contributed by atoms with Gasteiger partial charge in [0.05, 0.1) is 12.6 Å². The normalized spacial score (nSPS) is 10.8. The van der Waals surface area contributed by atoms with Crippen LogP contribution in [0.2, 0.25) is 0 Å². The lowest BCUT2D eigenvalue weighted by Gasteiger charge is -2.10. The number of halogens is 2. The molecule has 8 nitrogen and oxygen atoms in total. The quantitative estimate of drug-likeness (QED) is 0.484. The molecule has 0 aliphatic carbocycles. The minimum atomic E-state index is -3.01. The van der Waals surface area contributed by atoms with Gasteiger partial charge in [0.1, 0.15) is 5.75 Å². The molecule has 3 heterocycles. The van der Waals surface area contributed by atoms with Crippen molar-refractivity contribution in [1.29, 1.82) is 0 Å². The van der Waals surface area contributed by atoms with Gasteiger partial charge in [0.25, 0.3) is 5.88 Å². The number of nitrogens with zero attached hydrogens (tertiary/aromatic N) is 3. The maximum absolute atomic E-state index is 12.7. The standard InChI is InChI=1S/C21H16F2N4O4/c1-29-19-17(31-20(22)23)10-14(12-24-19)13-7-8-27-15(9-13)11-18(26-27)25-21(28)30-16-5-3-2-4-6-16/h2-12,20H,1H3,(H,25,26,28). The van der Waals surface area contributed by atoms with Crippen LogP contribution in [0.15, 0.2) is 67.0 Å². The van der Waals surface area contributed by atoms with Gasteiger partial charge in [0.2, 0.25) is 0 Å². The highest BCUT2D eigenvalue weighted by Gasteiger charge is 2.14. The molecule has 10 heteroatoms. The molecule has 0 bridgehead atoms. The SMILES string of the molecule is COc1ncc(-c2ccn3nc(NC(=O)Oc4ccccc4)cc3c2)cc1OC(F)F. The van der Waals surface area contributed by atoms with Crippen LogP contribution >= 0.6 is 0 Å². The number of benzene rings is 1. The number of anilines is 1. The first-order valence-electron chi connectivity index (χ1n) is 9.04. The predicted octanol–water partition coefficient (Wildman–Crippen LogP) is 4.62. The van der Waals surface area contributed by atoms with Crippen LogP contribution in [0.3, 0.4) is 0 Å². The van der Waals surface area contributed by atoms with Crippen LogP contribution < -0.4 is 19.5 Å². The first kappa shape index (κ1) is 20.1. The maximum Gasteiger partial charge on any atom is 0.418 e. The molecule has 31 heavy (non-hydrogen) atoms. The molecule has 0 atom stereocenters. The van der Waals surface area contributed by atoms with Crippen LogP contribution in [0.5, 0.6) is 17.4 Å². The number of hydrogen-bond donors (Lipinski definition) is 1. The van der Waals surface area contributed by atoms with E-state index in [0.29, 0.717) is 22.4 Å². The Bertz CT molecular complexity index is 1210. The zero-order chi connectivity index (χ0) is 21.8. The lowest BCUT2D eigenvalue weighted by molar-refractivity contribution is -0.0515. The number of para-hydroxylation sites is 1. The second kappa shape index (κ2) is 8.66. The zero-order valence-electron chi connectivity index (χ0n) is 16.2. The van der Waals surface area contributed by atoms with E-state index in [1.54, 1.807) is 53.2 Å². The van der Waals surface area contributed by atoms with Gasteiger partial charge in [-0.2, -0.15) is 8.78 Å². The van der Waals surface area contributed by atoms with Crippen LogP contribution in [-0.2, 0) is 0 Å². The molecule has 3 aromatic heterocycles. The van der Waals surface area contributed by atoms with Crippen molar-refractivity contribution in [1.82, 2.24) is 14.6 Å². The second-order valence-electron chi connectivity index (χ2n) is 6.25. The minimum Gasteiger partial charge on any atom is -0.478 e. The Morgan fingerprint density at radius 1 is 1.10 bits per heavy atom. The number of ether oxygens (including phenoxy) is 3. The number of rotatable bonds is 6. The molecule has 0 saturated heterocycles. The number of pyridine rings is 2. The molecule has 1 amide bonds. The van der Waals surface area contributed by atoms with E-state index in [4.69, 9.17) is 9.47 Å². The number of alkyl halides is 2.